The summed E-state index contributed by atoms with van der Waals surface area (Å²) in [6.07, 6.45) is 0.255. The molecular weight excluding hydrogens is 272 g/mol. The van der Waals surface area contributed by atoms with Gasteiger partial charge in [-0.1, -0.05) is 30.3 Å². The van der Waals surface area contributed by atoms with Gasteiger partial charge in [0.05, 0.1) is 4.92 Å². The van der Waals surface area contributed by atoms with Gasteiger partial charge in [-0.05, 0) is 24.6 Å². The summed E-state index contributed by atoms with van der Waals surface area (Å²) in [5.41, 5.74) is 1.74. The molecule has 1 unspecified atom stereocenters. The average Bonchev–Trinajstić information content (AvgIpc) is 2.45. The minimum absolute atomic E-state index is 0.0273. The second kappa shape index (κ2) is 6.13. The minimum atomic E-state index is -0.910. The van der Waals surface area contributed by atoms with Crippen LogP contribution < -0.4 is 0 Å². The third-order valence-electron chi connectivity index (χ3n) is 3.33. The normalized spacial score (nSPS) is 11.9. The highest BCUT2D eigenvalue weighted by atomic mass is 16.6. The van der Waals surface area contributed by atoms with E-state index in [9.17, 15) is 20.2 Å². The fourth-order valence-electron chi connectivity index (χ4n) is 2.24. The van der Waals surface area contributed by atoms with E-state index in [1.807, 2.05) is 30.3 Å². The van der Waals surface area contributed by atoms with E-state index < -0.39 is 11.0 Å². The van der Waals surface area contributed by atoms with Gasteiger partial charge in [-0.25, -0.2) is 0 Å². The van der Waals surface area contributed by atoms with Crippen LogP contribution >= 0.6 is 0 Å². The van der Waals surface area contributed by atoms with Crippen LogP contribution in [0, 0.1) is 27.2 Å². The van der Waals surface area contributed by atoms with E-state index in [1.54, 1.807) is 6.92 Å². The highest BCUT2D eigenvalue weighted by Gasteiger charge is 2.25. The van der Waals surface area contributed by atoms with E-state index in [0.717, 1.165) is 5.56 Å². The summed E-state index contributed by atoms with van der Waals surface area (Å²) >= 11 is 0. The Morgan fingerprint density at radius 1 is 1.05 bits per heavy atom. The summed E-state index contributed by atoms with van der Waals surface area (Å²) < 4.78 is 0. The monoisotopic (exact) mass is 286 g/mol. The highest BCUT2D eigenvalue weighted by molar-refractivity contribution is 5.42. The Hall–Kier alpha value is -2.76. The van der Waals surface area contributed by atoms with Crippen molar-refractivity contribution in [1.29, 1.82) is 0 Å². The Morgan fingerprint density at radius 3 is 2.24 bits per heavy atom. The number of aryl methyl sites for hydroxylation is 1. The summed E-state index contributed by atoms with van der Waals surface area (Å²) in [6.45, 7) is 1.58. The number of nitro benzene ring substituents is 1. The largest absolute Gasteiger partial charge is 0.272 e. The lowest BCUT2D eigenvalue weighted by Crippen LogP contribution is -2.14. The molecule has 0 radical (unpaired) electrons. The molecule has 21 heavy (non-hydrogen) atoms. The first-order valence-electron chi connectivity index (χ1n) is 6.41. The van der Waals surface area contributed by atoms with E-state index in [0.29, 0.717) is 11.1 Å². The molecule has 0 saturated carbocycles. The number of benzene rings is 2. The zero-order chi connectivity index (χ0) is 15.4. The number of hydrogen-bond donors (Lipinski definition) is 0. The lowest BCUT2D eigenvalue weighted by molar-refractivity contribution is -0.528. The Kier molecular flexibility index (Phi) is 4.27. The fourth-order valence-corrected chi connectivity index (χ4v) is 2.24. The van der Waals surface area contributed by atoms with Gasteiger partial charge in [-0.15, -0.1) is 0 Å². The standard InChI is InChI=1S/C15H14N2O4/c1-11-9-13(7-8-14(11)16(18)19)15(17(20)21)10-12-5-3-2-4-6-12/h2-9,15H,10H2,1H3. The summed E-state index contributed by atoms with van der Waals surface area (Å²) in [7, 11) is 0. The third-order valence-corrected chi connectivity index (χ3v) is 3.33. The Bertz CT molecular complexity index is 671. The van der Waals surface area contributed by atoms with Gasteiger partial charge < -0.3 is 0 Å². The molecule has 108 valence electrons. The van der Waals surface area contributed by atoms with E-state index >= 15 is 0 Å². The van der Waals surface area contributed by atoms with Crippen LogP contribution in [0.5, 0.6) is 0 Å². The van der Waals surface area contributed by atoms with Gasteiger partial charge in [0.15, 0.2) is 0 Å². The average molecular weight is 286 g/mol. The van der Waals surface area contributed by atoms with Crippen molar-refractivity contribution in [3.05, 3.63) is 85.4 Å². The third kappa shape index (κ3) is 3.42. The van der Waals surface area contributed by atoms with Crippen LogP contribution in [0.4, 0.5) is 5.69 Å². The molecule has 0 amide bonds. The zero-order valence-corrected chi connectivity index (χ0v) is 11.4. The SMILES string of the molecule is Cc1cc(C(Cc2ccccc2)[N+](=O)[O-])ccc1[N+](=O)[O-]. The van der Waals surface area contributed by atoms with Crippen LogP contribution in [-0.4, -0.2) is 9.85 Å². The van der Waals surface area contributed by atoms with Gasteiger partial charge in [-0.2, -0.15) is 0 Å². The predicted octanol–water partition coefficient (Wildman–Crippen LogP) is 3.46. The summed E-state index contributed by atoms with van der Waals surface area (Å²) in [4.78, 5) is 21.3. The topological polar surface area (TPSA) is 86.3 Å². The molecular formula is C15H14N2O4. The fraction of sp³-hybridized carbons (Fsp3) is 0.200. The minimum Gasteiger partial charge on any atom is -0.264 e. The summed E-state index contributed by atoms with van der Waals surface area (Å²) in [5.74, 6) is 0. The molecule has 0 N–H and O–H groups in total. The predicted molar refractivity (Wildman–Crippen MR) is 77.7 cm³/mol. The van der Waals surface area contributed by atoms with E-state index in [-0.39, 0.29) is 17.0 Å². The lowest BCUT2D eigenvalue weighted by Gasteiger charge is -2.10. The van der Waals surface area contributed by atoms with Crippen LogP contribution in [0.15, 0.2) is 48.5 Å². The quantitative estimate of drug-likeness (QED) is 0.622. The molecule has 0 aliphatic rings. The van der Waals surface area contributed by atoms with Crippen molar-refractivity contribution in [2.24, 2.45) is 0 Å². The van der Waals surface area contributed by atoms with Gasteiger partial charge >= 0.3 is 0 Å². The van der Waals surface area contributed by atoms with Crippen molar-refractivity contribution in [3.8, 4) is 0 Å². The van der Waals surface area contributed by atoms with Crippen molar-refractivity contribution < 1.29 is 9.85 Å². The first kappa shape index (κ1) is 14.6. The van der Waals surface area contributed by atoms with Crippen molar-refractivity contribution in [1.82, 2.24) is 0 Å². The molecule has 0 aliphatic carbocycles. The molecule has 0 fully saturated rings. The Morgan fingerprint density at radius 2 is 1.71 bits per heavy atom. The molecule has 2 aromatic carbocycles. The van der Waals surface area contributed by atoms with E-state index in [4.69, 9.17) is 0 Å². The number of nitrogens with zero attached hydrogens (tertiary/aromatic N) is 2. The molecule has 6 heteroatoms. The molecule has 0 saturated heterocycles. The first-order valence-corrected chi connectivity index (χ1v) is 6.41. The molecule has 0 aliphatic heterocycles. The maximum absolute atomic E-state index is 11.3. The molecule has 6 nitrogen and oxygen atoms in total. The van der Waals surface area contributed by atoms with Crippen LogP contribution in [0.1, 0.15) is 22.7 Å². The van der Waals surface area contributed by atoms with Gasteiger partial charge in [0.25, 0.3) is 5.69 Å². The Labute approximate surface area is 121 Å². The first-order chi connectivity index (χ1) is 9.99. The lowest BCUT2D eigenvalue weighted by atomic mass is 9.97. The van der Waals surface area contributed by atoms with Crippen molar-refractivity contribution in [2.45, 2.75) is 19.4 Å². The summed E-state index contributed by atoms with van der Waals surface area (Å²) in [5, 5.41) is 22.1. The van der Waals surface area contributed by atoms with Gasteiger partial charge in [0.2, 0.25) is 6.04 Å². The number of nitro groups is 2. The smallest absolute Gasteiger partial charge is 0.264 e. The van der Waals surface area contributed by atoms with Crippen LogP contribution in [0.25, 0.3) is 0 Å². The second-order valence-electron chi connectivity index (χ2n) is 4.79. The molecule has 2 rings (SSSR count). The molecule has 0 aromatic heterocycles. The van der Waals surface area contributed by atoms with Crippen molar-refractivity contribution in [2.75, 3.05) is 0 Å². The van der Waals surface area contributed by atoms with Gasteiger partial charge in [0.1, 0.15) is 0 Å². The molecule has 0 heterocycles. The zero-order valence-electron chi connectivity index (χ0n) is 11.4. The summed E-state index contributed by atoms with van der Waals surface area (Å²) in [6, 6.07) is 12.6. The Balaban J connectivity index is 2.33. The molecule has 0 spiro atoms. The van der Waals surface area contributed by atoms with Crippen molar-refractivity contribution in [3.63, 3.8) is 0 Å². The van der Waals surface area contributed by atoms with E-state index in [1.165, 1.54) is 18.2 Å². The molecule has 0 bridgehead atoms. The second-order valence-corrected chi connectivity index (χ2v) is 4.79. The van der Waals surface area contributed by atoms with E-state index in [2.05, 4.69) is 0 Å². The van der Waals surface area contributed by atoms with Gasteiger partial charge in [0, 0.05) is 28.5 Å². The van der Waals surface area contributed by atoms with Crippen LogP contribution in [-0.2, 0) is 6.42 Å². The highest BCUT2D eigenvalue weighted by Crippen LogP contribution is 2.26. The maximum atomic E-state index is 11.3. The number of rotatable bonds is 5. The van der Waals surface area contributed by atoms with Gasteiger partial charge in [-0.3, -0.25) is 20.2 Å². The number of hydrogen-bond acceptors (Lipinski definition) is 4. The molecule has 1 atom stereocenters. The van der Waals surface area contributed by atoms with Crippen LogP contribution in [0.2, 0.25) is 0 Å². The van der Waals surface area contributed by atoms with Crippen molar-refractivity contribution >= 4 is 5.69 Å². The van der Waals surface area contributed by atoms with Crippen LogP contribution in [0.3, 0.4) is 0 Å². The molecule has 2 aromatic rings. The maximum Gasteiger partial charge on any atom is 0.272 e.